The number of carboxylic acids is 1. The maximum Gasteiger partial charge on any atom is 0.356 e. The summed E-state index contributed by atoms with van der Waals surface area (Å²) in [6.07, 6.45) is 0. The largest absolute Gasteiger partial charge is 0.476 e. The van der Waals surface area contributed by atoms with Gasteiger partial charge in [0.15, 0.2) is 9.90 Å². The van der Waals surface area contributed by atoms with Crippen molar-refractivity contribution in [1.82, 2.24) is 9.29 Å². The number of rotatable bonds is 4. The van der Waals surface area contributed by atoms with Crippen molar-refractivity contribution in [3.05, 3.63) is 11.2 Å². The summed E-state index contributed by atoms with van der Waals surface area (Å²) < 4.78 is 35.3. The molecular formula is C10H12N2O7S2. The Hall–Kier alpha value is -1.56. The van der Waals surface area contributed by atoms with Gasteiger partial charge in [0.05, 0.1) is 25.8 Å². The highest BCUT2D eigenvalue weighted by Gasteiger charge is 2.41. The first-order valence-electron chi connectivity index (χ1n) is 5.73. The molecule has 9 nitrogen and oxygen atoms in total. The number of thiazole rings is 1. The number of carbonyl (C=O) groups excluding carboxylic acids is 1. The first-order chi connectivity index (χ1) is 9.89. The highest BCUT2D eigenvalue weighted by atomic mass is 32.2. The SMILES string of the molecule is COC(=O)C1COCCN1S(=O)(=O)c1scnc1C(=O)O. The number of esters is 1. The minimum atomic E-state index is -4.17. The Morgan fingerprint density at radius 3 is 2.90 bits per heavy atom. The predicted molar refractivity (Wildman–Crippen MR) is 69.6 cm³/mol. The number of carbonyl (C=O) groups is 2. The van der Waals surface area contributed by atoms with Crippen molar-refractivity contribution in [3.8, 4) is 0 Å². The molecule has 116 valence electrons. The second kappa shape index (κ2) is 6.05. The molecule has 0 bridgehead atoms. The summed E-state index contributed by atoms with van der Waals surface area (Å²) in [7, 11) is -3.03. The Balaban J connectivity index is 2.43. The summed E-state index contributed by atoms with van der Waals surface area (Å²) in [5.41, 5.74) is 0.569. The molecule has 0 saturated carbocycles. The van der Waals surface area contributed by atoms with E-state index in [9.17, 15) is 18.0 Å². The molecule has 1 saturated heterocycles. The number of hydrogen-bond donors (Lipinski definition) is 1. The van der Waals surface area contributed by atoms with Crippen LogP contribution < -0.4 is 0 Å². The molecule has 21 heavy (non-hydrogen) atoms. The lowest BCUT2D eigenvalue weighted by Crippen LogP contribution is -2.52. The molecule has 1 aliphatic rings. The second-order valence-corrected chi connectivity index (χ2v) is 6.96. The van der Waals surface area contributed by atoms with Gasteiger partial charge in [0.2, 0.25) is 0 Å². The quantitative estimate of drug-likeness (QED) is 0.723. The van der Waals surface area contributed by atoms with Crippen LogP contribution in [0.5, 0.6) is 0 Å². The lowest BCUT2D eigenvalue weighted by Gasteiger charge is -2.32. The Morgan fingerprint density at radius 2 is 2.29 bits per heavy atom. The summed E-state index contributed by atoms with van der Waals surface area (Å²) in [6, 6.07) is -1.14. The Kier molecular flexibility index (Phi) is 4.56. The van der Waals surface area contributed by atoms with Gasteiger partial charge in [-0.25, -0.2) is 18.2 Å². The molecule has 1 unspecified atom stereocenters. The molecule has 11 heteroatoms. The highest BCUT2D eigenvalue weighted by molar-refractivity contribution is 7.91. The van der Waals surface area contributed by atoms with Crippen LogP contribution in [-0.4, -0.2) is 67.7 Å². The molecule has 1 fully saturated rings. The van der Waals surface area contributed by atoms with Gasteiger partial charge in [0, 0.05) is 6.54 Å². The van der Waals surface area contributed by atoms with Crippen molar-refractivity contribution in [1.29, 1.82) is 0 Å². The number of morpholine rings is 1. The van der Waals surface area contributed by atoms with E-state index in [1.54, 1.807) is 0 Å². The van der Waals surface area contributed by atoms with Crippen LogP contribution >= 0.6 is 11.3 Å². The van der Waals surface area contributed by atoms with Crippen LogP contribution in [0.1, 0.15) is 10.5 Å². The molecule has 1 aromatic rings. The molecule has 0 aromatic carbocycles. The molecule has 1 atom stereocenters. The number of aromatic nitrogens is 1. The zero-order chi connectivity index (χ0) is 15.6. The molecule has 2 heterocycles. The first kappa shape index (κ1) is 15.8. The maximum atomic E-state index is 12.6. The van der Waals surface area contributed by atoms with E-state index in [1.807, 2.05) is 0 Å². The van der Waals surface area contributed by atoms with Gasteiger partial charge in [-0.2, -0.15) is 4.31 Å². The maximum absolute atomic E-state index is 12.6. The van der Waals surface area contributed by atoms with Crippen molar-refractivity contribution in [3.63, 3.8) is 0 Å². The number of carboxylic acid groups (broad SMARTS) is 1. The third-order valence-corrected chi connectivity index (χ3v) is 6.09. The summed E-state index contributed by atoms with van der Waals surface area (Å²) in [4.78, 5) is 26.2. The molecule has 1 N–H and O–H groups in total. The van der Waals surface area contributed by atoms with Crippen molar-refractivity contribution < 1.29 is 32.6 Å². The zero-order valence-electron chi connectivity index (χ0n) is 10.9. The minimum Gasteiger partial charge on any atom is -0.476 e. The van der Waals surface area contributed by atoms with E-state index < -0.39 is 37.9 Å². The molecule has 2 rings (SSSR count). The van der Waals surface area contributed by atoms with Crippen LogP contribution in [0, 0.1) is 0 Å². The number of methoxy groups -OCH3 is 1. The van der Waals surface area contributed by atoms with E-state index in [0.717, 1.165) is 16.9 Å². The van der Waals surface area contributed by atoms with Crippen molar-refractivity contribution in [2.75, 3.05) is 26.9 Å². The van der Waals surface area contributed by atoms with Crippen molar-refractivity contribution in [2.45, 2.75) is 10.3 Å². The first-order valence-corrected chi connectivity index (χ1v) is 8.05. The van der Waals surface area contributed by atoms with Crippen LogP contribution in [0.3, 0.4) is 0 Å². The third kappa shape index (κ3) is 2.90. The summed E-state index contributed by atoms with van der Waals surface area (Å²) in [5, 5.41) is 8.98. The molecular weight excluding hydrogens is 324 g/mol. The van der Waals surface area contributed by atoms with E-state index in [-0.39, 0.29) is 19.8 Å². The standard InChI is InChI=1S/C10H12N2O7S2/c1-18-9(15)6-4-19-3-2-12(6)21(16,17)10-7(8(13)14)11-5-20-10/h5-6H,2-4H2,1H3,(H,13,14). The predicted octanol–water partition coefficient (Wildman–Crippen LogP) is -0.596. The highest BCUT2D eigenvalue weighted by Crippen LogP contribution is 2.27. The average molecular weight is 336 g/mol. The Bertz CT molecular complexity index is 654. The fourth-order valence-corrected chi connectivity index (χ4v) is 4.67. The number of nitrogens with zero attached hydrogens (tertiary/aromatic N) is 2. The van der Waals surface area contributed by atoms with Crippen LogP contribution in [0.2, 0.25) is 0 Å². The van der Waals surface area contributed by atoms with Crippen LogP contribution in [0.25, 0.3) is 0 Å². The average Bonchev–Trinajstić information content (AvgIpc) is 2.97. The van der Waals surface area contributed by atoms with E-state index in [2.05, 4.69) is 9.72 Å². The van der Waals surface area contributed by atoms with Gasteiger partial charge in [-0.15, -0.1) is 11.3 Å². The number of ether oxygens (including phenoxy) is 2. The number of aromatic carboxylic acids is 1. The van der Waals surface area contributed by atoms with Gasteiger partial charge in [0.1, 0.15) is 6.04 Å². The van der Waals surface area contributed by atoms with Gasteiger partial charge in [0.25, 0.3) is 10.0 Å². The van der Waals surface area contributed by atoms with E-state index in [4.69, 9.17) is 9.84 Å². The van der Waals surface area contributed by atoms with Crippen LogP contribution in [0.4, 0.5) is 0 Å². The van der Waals surface area contributed by atoms with Gasteiger partial charge in [-0.05, 0) is 0 Å². The summed E-state index contributed by atoms with van der Waals surface area (Å²) >= 11 is 0.685. The molecule has 0 radical (unpaired) electrons. The van der Waals surface area contributed by atoms with Gasteiger partial charge in [-0.3, -0.25) is 4.79 Å². The van der Waals surface area contributed by atoms with E-state index in [0.29, 0.717) is 11.3 Å². The zero-order valence-corrected chi connectivity index (χ0v) is 12.5. The van der Waals surface area contributed by atoms with E-state index >= 15 is 0 Å². The van der Waals surface area contributed by atoms with Crippen LogP contribution in [0.15, 0.2) is 9.72 Å². The van der Waals surface area contributed by atoms with E-state index in [1.165, 1.54) is 0 Å². The fourth-order valence-electron chi connectivity index (χ4n) is 1.87. The Morgan fingerprint density at radius 1 is 1.57 bits per heavy atom. The summed E-state index contributed by atoms with van der Waals surface area (Å²) in [5.74, 6) is -2.21. The summed E-state index contributed by atoms with van der Waals surface area (Å²) in [6.45, 7) is -0.111. The van der Waals surface area contributed by atoms with Crippen molar-refractivity contribution >= 4 is 33.3 Å². The van der Waals surface area contributed by atoms with Gasteiger partial charge >= 0.3 is 11.9 Å². The third-order valence-electron chi connectivity index (χ3n) is 2.83. The topological polar surface area (TPSA) is 123 Å². The fraction of sp³-hybridized carbons (Fsp3) is 0.500. The lowest BCUT2D eigenvalue weighted by molar-refractivity contribution is -0.149. The van der Waals surface area contributed by atoms with Gasteiger partial charge in [-0.1, -0.05) is 0 Å². The monoisotopic (exact) mass is 336 g/mol. The van der Waals surface area contributed by atoms with Crippen molar-refractivity contribution in [2.24, 2.45) is 0 Å². The normalized spacial score (nSPS) is 20.1. The van der Waals surface area contributed by atoms with Gasteiger partial charge < -0.3 is 14.6 Å². The molecule has 0 spiro atoms. The molecule has 0 aliphatic carbocycles. The molecule has 0 amide bonds. The Labute approximate surface area is 124 Å². The molecule has 1 aromatic heterocycles. The number of sulfonamides is 1. The second-order valence-electron chi connectivity index (χ2n) is 4.02. The number of hydrogen-bond acceptors (Lipinski definition) is 8. The smallest absolute Gasteiger partial charge is 0.356 e. The minimum absolute atomic E-state index is 0.0704. The lowest BCUT2D eigenvalue weighted by atomic mass is 10.3. The van der Waals surface area contributed by atoms with Crippen LogP contribution in [-0.2, 0) is 24.3 Å². The molecule has 1 aliphatic heterocycles.